The summed E-state index contributed by atoms with van der Waals surface area (Å²) in [4.78, 5) is 16.2. The molecular formula is C13H21N3O2S. The molecule has 106 valence electrons. The molecule has 0 atom stereocenters. The number of hydrogen-bond acceptors (Lipinski definition) is 5. The van der Waals surface area contributed by atoms with Gasteiger partial charge in [-0.25, -0.2) is 0 Å². The van der Waals surface area contributed by atoms with E-state index in [9.17, 15) is 4.79 Å². The maximum atomic E-state index is 12.0. The van der Waals surface area contributed by atoms with E-state index in [1.807, 2.05) is 4.90 Å². The summed E-state index contributed by atoms with van der Waals surface area (Å²) in [6.45, 7) is 5.22. The van der Waals surface area contributed by atoms with Gasteiger partial charge >= 0.3 is 0 Å². The van der Waals surface area contributed by atoms with Crippen molar-refractivity contribution in [2.75, 3.05) is 57.9 Å². The van der Waals surface area contributed by atoms with Crippen LogP contribution in [0.2, 0.25) is 0 Å². The molecule has 1 amide bonds. The fraction of sp³-hybridized carbons (Fsp3) is 0.615. The van der Waals surface area contributed by atoms with Crippen LogP contribution in [0.25, 0.3) is 0 Å². The Hall–Kier alpha value is -1.11. The van der Waals surface area contributed by atoms with Crippen molar-refractivity contribution < 1.29 is 9.53 Å². The molecule has 2 heterocycles. The average molecular weight is 283 g/mol. The van der Waals surface area contributed by atoms with Crippen LogP contribution < -0.4 is 10.2 Å². The quantitative estimate of drug-likeness (QED) is 0.778. The number of piperazine rings is 1. The van der Waals surface area contributed by atoms with Gasteiger partial charge in [0, 0.05) is 39.8 Å². The van der Waals surface area contributed by atoms with Crippen LogP contribution in [-0.2, 0) is 9.53 Å². The zero-order valence-corrected chi connectivity index (χ0v) is 12.1. The van der Waals surface area contributed by atoms with Crippen molar-refractivity contribution in [1.82, 2.24) is 10.2 Å². The highest BCUT2D eigenvalue weighted by Gasteiger charge is 2.21. The number of ether oxygens (including phenoxy) is 1. The molecule has 0 bridgehead atoms. The summed E-state index contributed by atoms with van der Waals surface area (Å²) in [5.41, 5.74) is 0. The minimum absolute atomic E-state index is 0.182. The first-order valence-corrected chi connectivity index (χ1v) is 7.45. The van der Waals surface area contributed by atoms with Crippen molar-refractivity contribution >= 4 is 22.2 Å². The van der Waals surface area contributed by atoms with Crippen LogP contribution in [0.15, 0.2) is 17.5 Å². The van der Waals surface area contributed by atoms with Crippen molar-refractivity contribution in [3.63, 3.8) is 0 Å². The highest BCUT2D eigenvalue weighted by atomic mass is 32.1. The van der Waals surface area contributed by atoms with E-state index in [4.69, 9.17) is 4.74 Å². The van der Waals surface area contributed by atoms with Gasteiger partial charge in [0.2, 0.25) is 5.91 Å². The van der Waals surface area contributed by atoms with Crippen molar-refractivity contribution in [3.8, 4) is 0 Å². The number of rotatable bonds is 6. The number of nitrogens with zero attached hydrogens (tertiary/aromatic N) is 2. The second kappa shape index (κ2) is 7.47. The summed E-state index contributed by atoms with van der Waals surface area (Å²) in [6, 6.07) is 4.20. The van der Waals surface area contributed by atoms with Gasteiger partial charge in [-0.3, -0.25) is 4.79 Å². The predicted molar refractivity (Wildman–Crippen MR) is 77.9 cm³/mol. The van der Waals surface area contributed by atoms with Gasteiger partial charge in [-0.15, -0.1) is 11.3 Å². The first-order chi connectivity index (χ1) is 9.31. The summed E-state index contributed by atoms with van der Waals surface area (Å²) in [5.74, 6) is 0.182. The fourth-order valence-corrected chi connectivity index (χ4v) is 2.89. The second-order valence-corrected chi connectivity index (χ2v) is 5.41. The molecule has 1 aromatic rings. The summed E-state index contributed by atoms with van der Waals surface area (Å²) in [7, 11) is 1.66. The molecule has 19 heavy (non-hydrogen) atoms. The molecule has 1 aliphatic rings. The lowest BCUT2D eigenvalue weighted by molar-refractivity contribution is -0.130. The molecule has 1 aromatic heterocycles. The van der Waals surface area contributed by atoms with Crippen LogP contribution in [0, 0.1) is 0 Å². The van der Waals surface area contributed by atoms with Crippen molar-refractivity contribution in [3.05, 3.63) is 17.5 Å². The Morgan fingerprint density at radius 1 is 1.42 bits per heavy atom. The Balaban J connectivity index is 1.69. The third-order valence-electron chi connectivity index (χ3n) is 3.21. The van der Waals surface area contributed by atoms with E-state index < -0.39 is 0 Å². The first-order valence-electron chi connectivity index (χ1n) is 6.57. The molecule has 0 radical (unpaired) electrons. The van der Waals surface area contributed by atoms with Gasteiger partial charge in [-0.05, 0) is 17.5 Å². The summed E-state index contributed by atoms with van der Waals surface area (Å²) >= 11 is 1.75. The molecule has 5 nitrogen and oxygen atoms in total. The zero-order chi connectivity index (χ0) is 13.5. The average Bonchev–Trinajstić information content (AvgIpc) is 2.98. The van der Waals surface area contributed by atoms with Crippen molar-refractivity contribution in [2.24, 2.45) is 0 Å². The Bertz CT molecular complexity index is 375. The van der Waals surface area contributed by atoms with Crippen LogP contribution in [0.3, 0.4) is 0 Å². The Morgan fingerprint density at radius 2 is 2.21 bits per heavy atom. The van der Waals surface area contributed by atoms with Gasteiger partial charge < -0.3 is 19.9 Å². The largest absolute Gasteiger partial charge is 0.383 e. The molecule has 0 aromatic carbocycles. The summed E-state index contributed by atoms with van der Waals surface area (Å²) in [5, 5.41) is 6.48. The number of carbonyl (C=O) groups excluding carboxylic acids is 1. The number of anilines is 1. The van der Waals surface area contributed by atoms with E-state index >= 15 is 0 Å². The normalized spacial score (nSPS) is 15.8. The molecule has 0 aliphatic carbocycles. The number of amides is 1. The first kappa shape index (κ1) is 14.3. The summed E-state index contributed by atoms with van der Waals surface area (Å²) < 4.78 is 4.93. The zero-order valence-electron chi connectivity index (χ0n) is 11.3. The second-order valence-electron chi connectivity index (χ2n) is 4.49. The SMILES string of the molecule is COCCNCC(=O)N1CCN(c2cccs2)CC1. The van der Waals surface area contributed by atoms with Gasteiger partial charge in [0.15, 0.2) is 0 Å². The smallest absolute Gasteiger partial charge is 0.236 e. The van der Waals surface area contributed by atoms with Crippen LogP contribution >= 0.6 is 11.3 Å². The van der Waals surface area contributed by atoms with E-state index in [-0.39, 0.29) is 5.91 Å². The van der Waals surface area contributed by atoms with Gasteiger partial charge in [0.25, 0.3) is 0 Å². The van der Waals surface area contributed by atoms with Gasteiger partial charge in [-0.2, -0.15) is 0 Å². The molecule has 2 rings (SSSR count). The minimum atomic E-state index is 0.182. The molecule has 0 saturated carbocycles. The van der Waals surface area contributed by atoms with Crippen LogP contribution in [0.1, 0.15) is 0 Å². The molecule has 0 unspecified atom stereocenters. The lowest BCUT2D eigenvalue weighted by atomic mass is 10.3. The van der Waals surface area contributed by atoms with Crippen LogP contribution in [0.4, 0.5) is 5.00 Å². The standard InChI is InChI=1S/C13H21N3O2S/c1-18-9-4-14-11-12(17)15-5-7-16(8-6-15)13-3-2-10-19-13/h2-3,10,14H,4-9,11H2,1H3. The lowest BCUT2D eigenvalue weighted by Gasteiger charge is -2.35. The van der Waals surface area contributed by atoms with Crippen LogP contribution in [-0.4, -0.2) is 63.8 Å². The van der Waals surface area contributed by atoms with E-state index in [0.29, 0.717) is 13.2 Å². The predicted octanol–water partition coefficient (Wildman–Crippen LogP) is 0.633. The molecular weight excluding hydrogens is 262 g/mol. The molecule has 6 heteroatoms. The topological polar surface area (TPSA) is 44.8 Å². The molecule has 0 spiro atoms. The number of carbonyl (C=O) groups is 1. The maximum absolute atomic E-state index is 12.0. The van der Waals surface area contributed by atoms with E-state index in [2.05, 4.69) is 27.7 Å². The van der Waals surface area contributed by atoms with Crippen LogP contribution in [0.5, 0.6) is 0 Å². The van der Waals surface area contributed by atoms with Gasteiger partial charge in [0.05, 0.1) is 18.2 Å². The molecule has 1 saturated heterocycles. The number of hydrogen-bond donors (Lipinski definition) is 1. The van der Waals surface area contributed by atoms with E-state index in [0.717, 1.165) is 32.7 Å². The van der Waals surface area contributed by atoms with E-state index in [1.54, 1.807) is 18.4 Å². The highest BCUT2D eigenvalue weighted by molar-refractivity contribution is 7.14. The molecule has 1 aliphatic heterocycles. The van der Waals surface area contributed by atoms with Gasteiger partial charge in [0.1, 0.15) is 0 Å². The minimum Gasteiger partial charge on any atom is -0.383 e. The number of thiophene rings is 1. The van der Waals surface area contributed by atoms with Crippen molar-refractivity contribution in [1.29, 1.82) is 0 Å². The number of nitrogens with one attached hydrogen (secondary N) is 1. The highest BCUT2D eigenvalue weighted by Crippen LogP contribution is 2.22. The Kier molecular flexibility index (Phi) is 5.62. The number of methoxy groups -OCH3 is 1. The third kappa shape index (κ3) is 4.19. The molecule has 1 N–H and O–H groups in total. The Labute approximate surface area is 118 Å². The van der Waals surface area contributed by atoms with Gasteiger partial charge in [-0.1, -0.05) is 0 Å². The molecule has 1 fully saturated rings. The Morgan fingerprint density at radius 3 is 2.84 bits per heavy atom. The lowest BCUT2D eigenvalue weighted by Crippen LogP contribution is -2.50. The fourth-order valence-electron chi connectivity index (χ4n) is 2.11. The van der Waals surface area contributed by atoms with E-state index in [1.165, 1.54) is 5.00 Å². The monoisotopic (exact) mass is 283 g/mol. The van der Waals surface area contributed by atoms with Crippen molar-refractivity contribution in [2.45, 2.75) is 0 Å². The summed E-state index contributed by atoms with van der Waals surface area (Å²) in [6.07, 6.45) is 0. The maximum Gasteiger partial charge on any atom is 0.236 e. The third-order valence-corrected chi connectivity index (χ3v) is 4.14.